The van der Waals surface area contributed by atoms with Crippen LogP contribution in [0.25, 0.3) is 10.6 Å². The van der Waals surface area contributed by atoms with Crippen LogP contribution in [-0.4, -0.2) is 18.1 Å². The average molecular weight is 306 g/mol. The molecule has 0 bridgehead atoms. The van der Waals surface area contributed by atoms with Gasteiger partial charge in [0.05, 0.1) is 12.3 Å². The van der Waals surface area contributed by atoms with E-state index in [0.717, 1.165) is 27.7 Å². The van der Waals surface area contributed by atoms with E-state index in [9.17, 15) is 4.39 Å². The van der Waals surface area contributed by atoms with E-state index in [2.05, 4.69) is 10.3 Å². The Morgan fingerprint density at radius 1 is 1.43 bits per heavy atom. The van der Waals surface area contributed by atoms with Crippen LogP contribution in [0, 0.1) is 12.7 Å². The normalized spacial score (nSPS) is 14.6. The Morgan fingerprint density at radius 2 is 2.24 bits per heavy atom. The molecule has 0 spiro atoms. The van der Waals surface area contributed by atoms with Crippen LogP contribution in [0.2, 0.25) is 0 Å². The van der Waals surface area contributed by atoms with Crippen LogP contribution in [0.15, 0.2) is 18.2 Å². The number of thiazole rings is 1. The summed E-state index contributed by atoms with van der Waals surface area (Å²) in [4.78, 5) is 5.71. The van der Waals surface area contributed by atoms with Gasteiger partial charge in [0.2, 0.25) is 0 Å². The highest BCUT2D eigenvalue weighted by atomic mass is 32.1. The molecule has 1 fully saturated rings. The Morgan fingerprint density at radius 3 is 2.90 bits per heavy atom. The molecular weight excluding hydrogens is 287 g/mol. The Balaban J connectivity index is 1.88. The van der Waals surface area contributed by atoms with Crippen molar-refractivity contribution in [2.75, 3.05) is 7.11 Å². The fourth-order valence-electron chi connectivity index (χ4n) is 2.20. The largest absolute Gasteiger partial charge is 0.378 e. The number of aryl methyl sites for hydroxylation is 1. The van der Waals surface area contributed by atoms with Gasteiger partial charge in [-0.2, -0.15) is 0 Å². The first-order valence-electron chi connectivity index (χ1n) is 7.15. The molecule has 1 aliphatic carbocycles. The van der Waals surface area contributed by atoms with Crippen LogP contribution in [0.1, 0.15) is 29.0 Å². The van der Waals surface area contributed by atoms with E-state index in [1.54, 1.807) is 30.6 Å². The monoisotopic (exact) mass is 306 g/mol. The molecule has 0 radical (unpaired) electrons. The third-order valence-electron chi connectivity index (χ3n) is 3.54. The topological polar surface area (TPSA) is 34.1 Å². The first-order chi connectivity index (χ1) is 10.2. The minimum atomic E-state index is -0.214. The molecule has 1 aromatic carbocycles. The van der Waals surface area contributed by atoms with Gasteiger partial charge in [-0.25, -0.2) is 9.37 Å². The van der Waals surface area contributed by atoms with E-state index in [1.807, 2.05) is 13.0 Å². The van der Waals surface area contributed by atoms with Gasteiger partial charge in [-0.3, -0.25) is 0 Å². The van der Waals surface area contributed by atoms with Crippen molar-refractivity contribution in [1.29, 1.82) is 0 Å². The van der Waals surface area contributed by atoms with Gasteiger partial charge < -0.3 is 10.1 Å². The van der Waals surface area contributed by atoms with Gasteiger partial charge in [0, 0.05) is 30.1 Å². The van der Waals surface area contributed by atoms with Crippen LogP contribution in [0.3, 0.4) is 0 Å². The summed E-state index contributed by atoms with van der Waals surface area (Å²) in [5, 5.41) is 4.21. The zero-order valence-electron chi connectivity index (χ0n) is 12.3. The van der Waals surface area contributed by atoms with E-state index < -0.39 is 0 Å². The van der Waals surface area contributed by atoms with Crippen molar-refractivity contribution in [2.24, 2.45) is 0 Å². The highest BCUT2D eigenvalue weighted by Crippen LogP contribution is 2.31. The fraction of sp³-hybridized carbons (Fsp3) is 0.438. The molecule has 2 aromatic rings. The molecule has 3 rings (SSSR count). The predicted octanol–water partition coefficient (Wildman–Crippen LogP) is 3.66. The van der Waals surface area contributed by atoms with Crippen LogP contribution in [0.5, 0.6) is 0 Å². The fourth-order valence-corrected chi connectivity index (χ4v) is 3.25. The van der Waals surface area contributed by atoms with Crippen LogP contribution >= 0.6 is 11.3 Å². The van der Waals surface area contributed by atoms with Gasteiger partial charge >= 0.3 is 0 Å². The summed E-state index contributed by atoms with van der Waals surface area (Å²) in [5.41, 5.74) is 2.40. The molecule has 1 N–H and O–H groups in total. The summed E-state index contributed by atoms with van der Waals surface area (Å²) in [7, 11) is 1.66. The van der Waals surface area contributed by atoms with Gasteiger partial charge in [0.15, 0.2) is 0 Å². The maximum Gasteiger partial charge on any atom is 0.133 e. The quantitative estimate of drug-likeness (QED) is 0.884. The van der Waals surface area contributed by atoms with Crippen molar-refractivity contribution >= 4 is 11.3 Å². The Hall–Kier alpha value is -1.30. The molecule has 1 saturated carbocycles. The summed E-state index contributed by atoms with van der Waals surface area (Å²) in [6, 6.07) is 5.91. The highest BCUT2D eigenvalue weighted by Gasteiger charge is 2.22. The first-order valence-corrected chi connectivity index (χ1v) is 7.96. The second kappa shape index (κ2) is 6.22. The Bertz CT molecular complexity index is 637. The molecule has 0 atom stereocenters. The summed E-state index contributed by atoms with van der Waals surface area (Å²) in [6.45, 7) is 3.14. The smallest absolute Gasteiger partial charge is 0.133 e. The second-order valence-electron chi connectivity index (χ2n) is 5.46. The van der Waals surface area contributed by atoms with Crippen LogP contribution < -0.4 is 5.32 Å². The number of hydrogen-bond acceptors (Lipinski definition) is 4. The zero-order valence-corrected chi connectivity index (χ0v) is 13.1. The van der Waals surface area contributed by atoms with Crippen molar-refractivity contribution in [2.45, 2.75) is 39.0 Å². The highest BCUT2D eigenvalue weighted by molar-refractivity contribution is 7.15. The molecule has 1 heterocycles. The minimum Gasteiger partial charge on any atom is -0.378 e. The molecule has 3 nitrogen and oxygen atoms in total. The standard InChI is InChI=1S/C16H19FN2OS/c1-10-3-6-12(13(17)7-10)16-19-14(9-20-2)15(21-16)8-18-11-4-5-11/h3,6-7,11,18H,4-5,8-9H2,1-2H3. The molecular formula is C16H19FN2OS. The van der Waals surface area contributed by atoms with Crippen LogP contribution in [-0.2, 0) is 17.9 Å². The maximum absolute atomic E-state index is 14.1. The lowest BCUT2D eigenvalue weighted by Crippen LogP contribution is -2.15. The van der Waals surface area contributed by atoms with Crippen molar-refractivity contribution < 1.29 is 9.13 Å². The number of nitrogens with zero attached hydrogens (tertiary/aromatic N) is 1. The molecule has 1 aliphatic rings. The summed E-state index contributed by atoms with van der Waals surface area (Å²) < 4.78 is 19.3. The molecule has 0 saturated heterocycles. The van der Waals surface area contributed by atoms with E-state index in [-0.39, 0.29) is 5.82 Å². The summed E-state index contributed by atoms with van der Waals surface area (Å²) >= 11 is 1.55. The van der Waals surface area contributed by atoms with Crippen LogP contribution in [0.4, 0.5) is 4.39 Å². The van der Waals surface area contributed by atoms with E-state index >= 15 is 0 Å². The van der Waals surface area contributed by atoms with Crippen molar-refractivity contribution in [1.82, 2.24) is 10.3 Å². The molecule has 0 amide bonds. The number of benzene rings is 1. The van der Waals surface area contributed by atoms with Crippen molar-refractivity contribution in [3.63, 3.8) is 0 Å². The number of nitrogens with one attached hydrogen (secondary N) is 1. The van der Waals surface area contributed by atoms with E-state index in [1.165, 1.54) is 12.8 Å². The third kappa shape index (κ3) is 3.48. The van der Waals surface area contributed by atoms with Crippen molar-refractivity contribution in [3.05, 3.63) is 40.2 Å². The number of halogens is 1. The lowest BCUT2D eigenvalue weighted by Gasteiger charge is -2.02. The Kier molecular flexibility index (Phi) is 4.33. The molecule has 0 unspecified atom stereocenters. The molecule has 1 aromatic heterocycles. The SMILES string of the molecule is COCc1nc(-c2ccc(C)cc2F)sc1CNC1CC1. The first kappa shape index (κ1) is 14.6. The molecule has 5 heteroatoms. The summed E-state index contributed by atoms with van der Waals surface area (Å²) in [5.74, 6) is -0.214. The van der Waals surface area contributed by atoms with Crippen molar-refractivity contribution in [3.8, 4) is 10.6 Å². The number of rotatable bonds is 6. The average Bonchev–Trinajstić information content (AvgIpc) is 3.19. The molecule has 21 heavy (non-hydrogen) atoms. The van der Waals surface area contributed by atoms with Gasteiger partial charge in [0.1, 0.15) is 10.8 Å². The number of hydrogen-bond donors (Lipinski definition) is 1. The lowest BCUT2D eigenvalue weighted by molar-refractivity contribution is 0.181. The molecule has 0 aliphatic heterocycles. The lowest BCUT2D eigenvalue weighted by atomic mass is 10.1. The van der Waals surface area contributed by atoms with Gasteiger partial charge in [-0.05, 0) is 37.5 Å². The maximum atomic E-state index is 14.1. The second-order valence-corrected chi connectivity index (χ2v) is 6.54. The number of aromatic nitrogens is 1. The van der Waals surface area contributed by atoms with E-state index in [4.69, 9.17) is 4.74 Å². The third-order valence-corrected chi connectivity index (χ3v) is 4.67. The molecule has 112 valence electrons. The van der Waals surface area contributed by atoms with Gasteiger partial charge in [-0.15, -0.1) is 11.3 Å². The zero-order chi connectivity index (χ0) is 14.8. The van der Waals surface area contributed by atoms with E-state index in [0.29, 0.717) is 18.2 Å². The summed E-state index contributed by atoms with van der Waals surface area (Å²) in [6.07, 6.45) is 2.50. The van der Waals surface area contributed by atoms with Gasteiger partial charge in [0.25, 0.3) is 0 Å². The minimum absolute atomic E-state index is 0.214. The Labute approximate surface area is 128 Å². The predicted molar refractivity (Wildman–Crippen MR) is 82.8 cm³/mol. The number of ether oxygens (including phenoxy) is 1. The van der Waals surface area contributed by atoms with Gasteiger partial charge in [-0.1, -0.05) is 6.07 Å². The number of methoxy groups -OCH3 is 1.